The predicted molar refractivity (Wildman–Crippen MR) is 118 cm³/mol. The summed E-state index contributed by atoms with van der Waals surface area (Å²) in [5.41, 5.74) is 2.73. The third-order valence-corrected chi connectivity index (χ3v) is 5.70. The topological polar surface area (TPSA) is 70.5 Å². The van der Waals surface area contributed by atoms with Gasteiger partial charge in [0.25, 0.3) is 5.91 Å². The van der Waals surface area contributed by atoms with Crippen LogP contribution in [0.2, 0.25) is 0 Å². The van der Waals surface area contributed by atoms with Crippen molar-refractivity contribution in [3.63, 3.8) is 0 Å². The van der Waals surface area contributed by atoms with E-state index in [1.165, 1.54) is 0 Å². The molecule has 0 spiro atoms. The quantitative estimate of drug-likeness (QED) is 0.666. The minimum Gasteiger partial charge on any atom is -0.358 e. The van der Waals surface area contributed by atoms with Crippen molar-refractivity contribution in [3.05, 3.63) is 89.7 Å². The van der Waals surface area contributed by atoms with Crippen molar-refractivity contribution in [1.29, 1.82) is 0 Å². The molecule has 3 aromatic rings. The van der Waals surface area contributed by atoms with Gasteiger partial charge in [-0.2, -0.15) is 5.10 Å². The van der Waals surface area contributed by atoms with Crippen LogP contribution in [-0.2, 0) is 17.9 Å². The molecule has 1 atom stereocenters. The fraction of sp³-hybridized carbons (Fsp3) is 0.292. The molecule has 7 heteroatoms. The SMILES string of the molecule is CNC(=O)[C@H]1CN(C(=O)c2ccccc2Cn2cccn2)CCN1Cc1ccccc1. The minimum absolute atomic E-state index is 0.0454. The Morgan fingerprint density at radius 1 is 1.00 bits per heavy atom. The molecule has 1 aliphatic heterocycles. The molecule has 31 heavy (non-hydrogen) atoms. The van der Waals surface area contributed by atoms with Gasteiger partial charge in [0.2, 0.25) is 5.91 Å². The molecule has 2 heterocycles. The molecule has 0 aliphatic carbocycles. The third kappa shape index (κ3) is 4.83. The van der Waals surface area contributed by atoms with Crippen LogP contribution in [0.15, 0.2) is 73.1 Å². The van der Waals surface area contributed by atoms with Gasteiger partial charge in [-0.15, -0.1) is 0 Å². The number of amides is 2. The van der Waals surface area contributed by atoms with Gasteiger partial charge in [-0.05, 0) is 23.3 Å². The van der Waals surface area contributed by atoms with Crippen molar-refractivity contribution in [2.45, 2.75) is 19.1 Å². The largest absolute Gasteiger partial charge is 0.358 e. The first-order valence-corrected chi connectivity index (χ1v) is 10.5. The number of likely N-dealkylation sites (N-methyl/N-ethyl adjacent to an activating group) is 1. The summed E-state index contributed by atoms with van der Waals surface area (Å²) in [6.07, 6.45) is 3.61. The Morgan fingerprint density at radius 3 is 2.52 bits per heavy atom. The maximum Gasteiger partial charge on any atom is 0.254 e. The zero-order valence-electron chi connectivity index (χ0n) is 17.6. The average Bonchev–Trinajstić information content (AvgIpc) is 3.32. The molecule has 1 N–H and O–H groups in total. The summed E-state index contributed by atoms with van der Waals surface area (Å²) < 4.78 is 1.80. The number of piperazine rings is 1. The van der Waals surface area contributed by atoms with Gasteiger partial charge in [-0.1, -0.05) is 48.5 Å². The number of carbonyl (C=O) groups is 2. The van der Waals surface area contributed by atoms with Crippen LogP contribution in [0.1, 0.15) is 21.5 Å². The number of hydrogen-bond acceptors (Lipinski definition) is 4. The van der Waals surface area contributed by atoms with Crippen LogP contribution in [0.25, 0.3) is 0 Å². The molecule has 2 aromatic carbocycles. The molecular weight excluding hydrogens is 390 g/mol. The van der Waals surface area contributed by atoms with E-state index in [0.29, 0.717) is 38.3 Å². The van der Waals surface area contributed by atoms with Crippen LogP contribution in [0, 0.1) is 0 Å². The molecule has 0 bridgehead atoms. The fourth-order valence-corrected chi connectivity index (χ4v) is 4.03. The number of nitrogens with one attached hydrogen (secondary N) is 1. The number of carbonyl (C=O) groups excluding carboxylic acids is 2. The van der Waals surface area contributed by atoms with Gasteiger partial charge in [-0.3, -0.25) is 19.2 Å². The lowest BCUT2D eigenvalue weighted by Crippen LogP contribution is -2.59. The lowest BCUT2D eigenvalue weighted by Gasteiger charge is -2.40. The van der Waals surface area contributed by atoms with Crippen molar-refractivity contribution >= 4 is 11.8 Å². The minimum atomic E-state index is -0.388. The Hall–Kier alpha value is -3.45. The molecule has 1 fully saturated rings. The first-order valence-electron chi connectivity index (χ1n) is 10.5. The molecule has 1 saturated heterocycles. The van der Waals surface area contributed by atoms with Crippen LogP contribution in [0.3, 0.4) is 0 Å². The zero-order chi connectivity index (χ0) is 21.6. The van der Waals surface area contributed by atoms with E-state index in [-0.39, 0.29) is 17.9 Å². The average molecular weight is 418 g/mol. The maximum atomic E-state index is 13.4. The summed E-state index contributed by atoms with van der Waals surface area (Å²) in [6.45, 7) is 2.79. The highest BCUT2D eigenvalue weighted by Gasteiger charge is 2.34. The van der Waals surface area contributed by atoms with Gasteiger partial charge >= 0.3 is 0 Å². The normalized spacial score (nSPS) is 16.8. The van der Waals surface area contributed by atoms with E-state index in [4.69, 9.17) is 0 Å². The van der Waals surface area contributed by atoms with Gasteiger partial charge in [0.05, 0.1) is 6.54 Å². The zero-order valence-corrected chi connectivity index (χ0v) is 17.6. The van der Waals surface area contributed by atoms with Gasteiger partial charge in [-0.25, -0.2) is 0 Å². The Kier molecular flexibility index (Phi) is 6.43. The first-order chi connectivity index (χ1) is 15.2. The molecule has 1 aromatic heterocycles. The van der Waals surface area contributed by atoms with Crippen LogP contribution in [0.5, 0.6) is 0 Å². The van der Waals surface area contributed by atoms with Gasteiger partial charge < -0.3 is 10.2 Å². The second-order valence-electron chi connectivity index (χ2n) is 7.70. The molecule has 0 saturated carbocycles. The monoisotopic (exact) mass is 417 g/mol. The number of nitrogens with zero attached hydrogens (tertiary/aromatic N) is 4. The summed E-state index contributed by atoms with van der Waals surface area (Å²) in [5.74, 6) is -0.116. The van der Waals surface area contributed by atoms with Gasteiger partial charge in [0, 0.05) is 51.2 Å². The van der Waals surface area contributed by atoms with Crippen molar-refractivity contribution < 1.29 is 9.59 Å². The Bertz CT molecular complexity index is 1020. The highest BCUT2D eigenvalue weighted by Crippen LogP contribution is 2.19. The Balaban J connectivity index is 1.52. The van der Waals surface area contributed by atoms with Gasteiger partial charge in [0.1, 0.15) is 6.04 Å². The Morgan fingerprint density at radius 2 is 1.77 bits per heavy atom. The van der Waals surface area contributed by atoms with E-state index in [1.807, 2.05) is 54.7 Å². The summed E-state index contributed by atoms with van der Waals surface area (Å²) in [7, 11) is 1.64. The standard InChI is InChI=1S/C24H27N5O2/c1-25-23(30)22-18-28(15-14-27(22)16-19-8-3-2-4-9-19)24(31)21-11-6-5-10-20(21)17-29-13-7-12-26-29/h2-13,22H,14-18H2,1H3,(H,25,30)/t22-/m1/s1. The van der Waals surface area contributed by atoms with E-state index in [9.17, 15) is 9.59 Å². The molecule has 2 amide bonds. The van der Waals surface area contributed by atoms with Crippen LogP contribution < -0.4 is 5.32 Å². The second-order valence-corrected chi connectivity index (χ2v) is 7.70. The first kappa shape index (κ1) is 20.8. The van der Waals surface area contributed by atoms with Crippen molar-refractivity contribution in [2.24, 2.45) is 0 Å². The highest BCUT2D eigenvalue weighted by molar-refractivity contribution is 5.96. The van der Waals surface area contributed by atoms with Crippen molar-refractivity contribution in [1.82, 2.24) is 24.9 Å². The molecule has 7 nitrogen and oxygen atoms in total. The summed E-state index contributed by atoms with van der Waals surface area (Å²) in [4.78, 5) is 30.0. The molecular formula is C24H27N5O2. The fourth-order valence-electron chi connectivity index (χ4n) is 4.03. The van der Waals surface area contributed by atoms with Crippen molar-refractivity contribution in [3.8, 4) is 0 Å². The smallest absolute Gasteiger partial charge is 0.254 e. The van der Waals surface area contributed by atoms with E-state index in [1.54, 1.807) is 22.8 Å². The van der Waals surface area contributed by atoms with Gasteiger partial charge in [0.15, 0.2) is 0 Å². The lowest BCUT2D eigenvalue weighted by atomic mass is 10.0. The van der Waals surface area contributed by atoms with E-state index >= 15 is 0 Å². The van der Waals surface area contributed by atoms with E-state index in [2.05, 4.69) is 27.4 Å². The number of aromatic nitrogens is 2. The van der Waals surface area contributed by atoms with Crippen LogP contribution in [0.4, 0.5) is 0 Å². The Labute approximate surface area is 182 Å². The summed E-state index contributed by atoms with van der Waals surface area (Å²) >= 11 is 0. The maximum absolute atomic E-state index is 13.4. The number of rotatable bonds is 6. The van der Waals surface area contributed by atoms with Crippen LogP contribution in [-0.4, -0.2) is 64.1 Å². The molecule has 160 valence electrons. The molecule has 4 rings (SSSR count). The summed E-state index contributed by atoms with van der Waals surface area (Å²) in [6, 6.07) is 19.2. The highest BCUT2D eigenvalue weighted by atomic mass is 16.2. The summed E-state index contributed by atoms with van der Waals surface area (Å²) in [5, 5.41) is 7.01. The van der Waals surface area contributed by atoms with Crippen molar-refractivity contribution in [2.75, 3.05) is 26.7 Å². The molecule has 0 unspecified atom stereocenters. The molecule has 1 aliphatic rings. The van der Waals surface area contributed by atoms with E-state index < -0.39 is 0 Å². The molecule has 0 radical (unpaired) electrons. The predicted octanol–water partition coefficient (Wildman–Crippen LogP) is 2.00. The number of benzene rings is 2. The third-order valence-electron chi connectivity index (χ3n) is 5.70. The van der Waals surface area contributed by atoms with E-state index in [0.717, 1.165) is 11.1 Å². The lowest BCUT2D eigenvalue weighted by molar-refractivity contribution is -0.128. The second kappa shape index (κ2) is 9.57. The van der Waals surface area contributed by atoms with Crippen LogP contribution >= 0.6 is 0 Å². The number of hydrogen-bond donors (Lipinski definition) is 1.